The van der Waals surface area contributed by atoms with Gasteiger partial charge in [-0.25, -0.2) is 4.79 Å². The molecule has 5 rings (SSSR count). The van der Waals surface area contributed by atoms with Crippen molar-refractivity contribution in [3.63, 3.8) is 0 Å². The molecule has 1 unspecified atom stereocenters. The third-order valence-electron chi connectivity index (χ3n) is 5.02. The Kier molecular flexibility index (Phi) is 3.60. The van der Waals surface area contributed by atoms with Gasteiger partial charge in [0, 0.05) is 4.98 Å². The van der Waals surface area contributed by atoms with Gasteiger partial charge in [0.05, 0.1) is 18.6 Å². The predicted octanol–water partition coefficient (Wildman–Crippen LogP) is 3.22. The van der Waals surface area contributed by atoms with Crippen molar-refractivity contribution in [2.75, 3.05) is 0 Å². The molecule has 0 fully saturated rings. The first-order valence-corrected chi connectivity index (χ1v) is 9.01. The van der Waals surface area contributed by atoms with Crippen LogP contribution in [0.2, 0.25) is 0 Å². The van der Waals surface area contributed by atoms with Gasteiger partial charge in [-0.1, -0.05) is 36.4 Å². The van der Waals surface area contributed by atoms with Crippen LogP contribution in [0.1, 0.15) is 6.92 Å². The van der Waals surface area contributed by atoms with Crippen LogP contribution in [-0.2, 0) is 13.1 Å². The maximum absolute atomic E-state index is 12.5. The molecule has 3 heterocycles. The lowest BCUT2D eigenvalue weighted by Crippen LogP contribution is -2.39. The molecule has 1 aliphatic heterocycles. The van der Waals surface area contributed by atoms with Crippen LogP contribution in [0.15, 0.2) is 63.9 Å². The lowest BCUT2D eigenvalue weighted by atomic mass is 10.0. The summed E-state index contributed by atoms with van der Waals surface area (Å²) >= 11 is 0. The summed E-state index contributed by atoms with van der Waals surface area (Å²) < 4.78 is 14.4. The smallest absolute Gasteiger partial charge is 0.420 e. The van der Waals surface area contributed by atoms with Crippen LogP contribution in [0.4, 0.5) is 5.82 Å². The molecule has 9 heteroatoms. The Morgan fingerprint density at radius 3 is 2.72 bits per heavy atom. The van der Waals surface area contributed by atoms with E-state index in [4.69, 9.17) is 9.15 Å². The summed E-state index contributed by atoms with van der Waals surface area (Å²) in [6.45, 7) is 2.38. The number of imidazole rings is 1. The van der Waals surface area contributed by atoms with Crippen molar-refractivity contribution in [3.8, 4) is 17.1 Å². The topological polar surface area (TPSA) is 105 Å². The Morgan fingerprint density at radius 1 is 1.21 bits per heavy atom. The minimum absolute atomic E-state index is 0.171. The van der Waals surface area contributed by atoms with Gasteiger partial charge in [-0.15, -0.1) is 0 Å². The highest BCUT2D eigenvalue weighted by molar-refractivity contribution is 5.80. The van der Waals surface area contributed by atoms with Gasteiger partial charge in [0.15, 0.2) is 5.58 Å². The Morgan fingerprint density at radius 2 is 2.00 bits per heavy atom. The van der Waals surface area contributed by atoms with E-state index in [1.165, 1.54) is 10.8 Å². The first kappa shape index (κ1) is 17.2. The van der Waals surface area contributed by atoms with Crippen molar-refractivity contribution >= 4 is 16.9 Å². The quantitative estimate of drug-likeness (QED) is 0.390. The van der Waals surface area contributed by atoms with E-state index >= 15 is 0 Å². The number of nitro groups is 1. The van der Waals surface area contributed by atoms with Gasteiger partial charge in [-0.05, 0) is 35.1 Å². The summed E-state index contributed by atoms with van der Waals surface area (Å²) in [5, 5.41) is 10.9. The second-order valence-corrected chi connectivity index (χ2v) is 7.32. The van der Waals surface area contributed by atoms with Gasteiger partial charge in [0.2, 0.25) is 0 Å². The van der Waals surface area contributed by atoms with E-state index < -0.39 is 16.3 Å². The van der Waals surface area contributed by atoms with Crippen LogP contribution in [0.3, 0.4) is 0 Å². The van der Waals surface area contributed by atoms with Crippen LogP contribution in [0.5, 0.6) is 6.01 Å². The van der Waals surface area contributed by atoms with Crippen LogP contribution < -0.4 is 10.5 Å². The number of hydrogen-bond donors (Lipinski definition) is 0. The molecule has 4 aromatic rings. The average Bonchev–Trinajstić information content (AvgIpc) is 3.32. The largest absolute Gasteiger partial charge is 0.436 e. The number of aromatic nitrogens is 3. The van der Waals surface area contributed by atoms with E-state index in [0.29, 0.717) is 17.6 Å². The average molecular weight is 392 g/mol. The fraction of sp³-hybridized carbons (Fsp3) is 0.200. The maximum Gasteiger partial charge on any atom is 0.420 e. The molecule has 2 aromatic heterocycles. The number of benzene rings is 2. The highest BCUT2D eigenvalue weighted by atomic mass is 16.6. The third kappa shape index (κ3) is 2.87. The van der Waals surface area contributed by atoms with Crippen molar-refractivity contribution in [2.24, 2.45) is 0 Å². The Balaban J connectivity index is 1.50. The molecule has 1 atom stereocenters. The van der Waals surface area contributed by atoms with Gasteiger partial charge >= 0.3 is 17.6 Å². The molecule has 1 aliphatic rings. The predicted molar refractivity (Wildman–Crippen MR) is 104 cm³/mol. The van der Waals surface area contributed by atoms with Gasteiger partial charge < -0.3 is 19.3 Å². The third-order valence-corrected chi connectivity index (χ3v) is 5.02. The number of ether oxygens (including phenoxy) is 1. The fourth-order valence-corrected chi connectivity index (χ4v) is 3.72. The number of fused-ring (bicyclic) bond motifs is 2. The number of nitrogens with zero attached hydrogens (tertiary/aromatic N) is 4. The zero-order valence-corrected chi connectivity index (χ0v) is 15.4. The van der Waals surface area contributed by atoms with Crippen LogP contribution in [0, 0.1) is 10.1 Å². The molecule has 9 nitrogen and oxygen atoms in total. The molecule has 29 heavy (non-hydrogen) atoms. The lowest BCUT2D eigenvalue weighted by molar-refractivity contribution is -0.389. The first-order chi connectivity index (χ1) is 13.9. The van der Waals surface area contributed by atoms with Crippen molar-refractivity contribution < 1.29 is 14.1 Å². The number of oxazole rings is 1. The zero-order chi connectivity index (χ0) is 20.2. The van der Waals surface area contributed by atoms with Crippen LogP contribution in [-0.4, -0.2) is 24.6 Å². The molecule has 0 amide bonds. The molecule has 0 bridgehead atoms. The summed E-state index contributed by atoms with van der Waals surface area (Å²) in [7, 11) is 0. The van der Waals surface area contributed by atoms with Crippen LogP contribution in [0.25, 0.3) is 22.2 Å². The van der Waals surface area contributed by atoms with E-state index in [9.17, 15) is 14.9 Å². The van der Waals surface area contributed by atoms with Crippen molar-refractivity contribution in [1.82, 2.24) is 14.1 Å². The van der Waals surface area contributed by atoms with Gasteiger partial charge in [0.1, 0.15) is 11.8 Å². The van der Waals surface area contributed by atoms with E-state index in [1.54, 1.807) is 10.6 Å². The molecule has 0 spiro atoms. The number of rotatable bonds is 4. The standard InChI is InChI=1S/C20H16N4O5/c1-20(11-22-10-17(24(26)27)21-18(22)29-20)12-23-15-9-14(13-5-3-2-4-6-13)7-8-16(15)28-19(23)25/h2-10H,11-12H2,1H3. The molecular weight excluding hydrogens is 376 g/mol. The first-order valence-electron chi connectivity index (χ1n) is 9.01. The maximum atomic E-state index is 12.5. The van der Waals surface area contributed by atoms with E-state index in [2.05, 4.69) is 4.98 Å². The minimum atomic E-state index is -0.791. The Bertz CT molecular complexity index is 1280. The SMILES string of the molecule is CC1(Cn2c(=O)oc3ccc(-c4ccccc4)cc32)Cn2cc([N+](=O)[O-])nc2O1. The molecule has 0 N–H and O–H groups in total. The lowest BCUT2D eigenvalue weighted by Gasteiger charge is -2.21. The highest BCUT2D eigenvalue weighted by Gasteiger charge is 2.41. The summed E-state index contributed by atoms with van der Waals surface area (Å²) in [4.78, 5) is 26.7. The fourth-order valence-electron chi connectivity index (χ4n) is 3.72. The molecule has 2 aromatic carbocycles. The molecule has 146 valence electrons. The van der Waals surface area contributed by atoms with Crippen molar-refractivity contribution in [1.29, 1.82) is 0 Å². The summed E-state index contributed by atoms with van der Waals surface area (Å²) in [5.41, 5.74) is 2.36. The molecule has 0 saturated heterocycles. The molecule has 0 aliphatic carbocycles. The second kappa shape index (κ2) is 6.06. The minimum Gasteiger partial charge on any atom is -0.436 e. The van der Waals surface area contributed by atoms with Crippen molar-refractivity contribution in [2.45, 2.75) is 25.6 Å². The Hall–Kier alpha value is -3.88. The zero-order valence-electron chi connectivity index (χ0n) is 15.4. The summed E-state index contributed by atoms with van der Waals surface area (Å²) in [6.07, 6.45) is 1.34. The monoisotopic (exact) mass is 392 g/mol. The second-order valence-electron chi connectivity index (χ2n) is 7.32. The van der Waals surface area contributed by atoms with Gasteiger partial charge in [0.25, 0.3) is 0 Å². The van der Waals surface area contributed by atoms with Crippen LogP contribution >= 0.6 is 0 Å². The highest BCUT2D eigenvalue weighted by Crippen LogP contribution is 2.33. The van der Waals surface area contributed by atoms with Gasteiger partial charge in [-0.3, -0.25) is 9.13 Å². The van der Waals surface area contributed by atoms with Crippen molar-refractivity contribution in [3.05, 3.63) is 75.4 Å². The van der Waals surface area contributed by atoms with E-state index in [0.717, 1.165) is 11.1 Å². The molecule has 0 saturated carbocycles. The molecular formula is C20H16N4O5. The number of hydrogen-bond acceptors (Lipinski definition) is 6. The van der Waals surface area contributed by atoms with Gasteiger partial charge in [-0.2, -0.15) is 0 Å². The molecule has 0 radical (unpaired) electrons. The summed E-state index contributed by atoms with van der Waals surface area (Å²) in [5.74, 6) is -0.744. The van der Waals surface area contributed by atoms with E-state index in [1.807, 2.05) is 49.4 Å². The normalized spacial score (nSPS) is 18.0. The summed E-state index contributed by atoms with van der Waals surface area (Å²) in [6, 6.07) is 15.6. The Labute approximate surface area is 163 Å². The van der Waals surface area contributed by atoms with E-state index in [-0.39, 0.29) is 18.4 Å².